The summed E-state index contributed by atoms with van der Waals surface area (Å²) in [6.07, 6.45) is 2.37. The van der Waals surface area contributed by atoms with Crippen molar-refractivity contribution < 1.29 is 4.42 Å². The van der Waals surface area contributed by atoms with Crippen molar-refractivity contribution >= 4 is 65.3 Å². The van der Waals surface area contributed by atoms with Crippen LogP contribution in [0.1, 0.15) is 51.7 Å². The lowest BCUT2D eigenvalue weighted by Gasteiger charge is -2.42. The Morgan fingerprint density at radius 2 is 1.03 bits per heavy atom. The second-order valence-corrected chi connectivity index (χ2v) is 17.9. The van der Waals surface area contributed by atoms with E-state index in [4.69, 9.17) is 19.4 Å². The van der Waals surface area contributed by atoms with E-state index in [1.54, 1.807) is 0 Å². The van der Waals surface area contributed by atoms with E-state index >= 15 is 0 Å². The molecule has 0 saturated heterocycles. The molecule has 12 rings (SSSR count). The molecule has 0 N–H and O–H groups in total. The van der Waals surface area contributed by atoms with Crippen LogP contribution in [0.2, 0.25) is 0 Å². The van der Waals surface area contributed by atoms with Gasteiger partial charge < -0.3 is 8.98 Å². The minimum Gasteiger partial charge on any atom is -0.456 e. The van der Waals surface area contributed by atoms with Crippen LogP contribution < -0.4 is 0 Å². The van der Waals surface area contributed by atoms with Crippen LogP contribution in [0.25, 0.3) is 105 Å². The van der Waals surface area contributed by atoms with E-state index in [9.17, 15) is 0 Å². The molecule has 0 fully saturated rings. The molecular formula is C55H42N4O. The standard InChI is InChI=1S/C55H42N4O/c1-54(2)26-27-55(3,4)45-32-47-43(31-44(45)54)40-14-7-9-17-46(40)59(47)39-25-24-35-29-38(23-21-36(35)30-39)52-56-51(37-22-20-33-12-5-6-13-34(33)28-37)57-53(58-52)42-16-11-19-49-50(42)41-15-8-10-18-48(41)60-49/h5-25,28-32H,26-27H2,1-4H3. The van der Waals surface area contributed by atoms with E-state index in [-0.39, 0.29) is 10.8 Å². The number of benzene rings is 8. The van der Waals surface area contributed by atoms with E-state index < -0.39 is 0 Å². The van der Waals surface area contributed by atoms with Crippen LogP contribution in [0.15, 0.2) is 162 Å². The Balaban J connectivity index is 1.02. The Morgan fingerprint density at radius 1 is 0.450 bits per heavy atom. The molecule has 1 aliphatic rings. The van der Waals surface area contributed by atoms with Crippen LogP contribution in [-0.4, -0.2) is 19.5 Å². The van der Waals surface area contributed by atoms with Gasteiger partial charge in [0.1, 0.15) is 11.2 Å². The first-order chi connectivity index (χ1) is 29.2. The Morgan fingerprint density at radius 3 is 1.82 bits per heavy atom. The molecule has 11 aromatic rings. The zero-order valence-electron chi connectivity index (χ0n) is 34.1. The molecule has 0 bridgehead atoms. The molecule has 0 spiro atoms. The molecule has 288 valence electrons. The van der Waals surface area contributed by atoms with Crippen molar-refractivity contribution in [1.29, 1.82) is 0 Å². The maximum Gasteiger partial charge on any atom is 0.164 e. The second kappa shape index (κ2) is 12.7. The summed E-state index contributed by atoms with van der Waals surface area (Å²) in [5.74, 6) is 1.86. The summed E-state index contributed by atoms with van der Waals surface area (Å²) in [4.78, 5) is 15.6. The Kier molecular flexibility index (Phi) is 7.38. The molecule has 1 aliphatic carbocycles. The number of hydrogen-bond acceptors (Lipinski definition) is 4. The minimum atomic E-state index is 0.113. The number of para-hydroxylation sites is 2. The molecule has 0 atom stereocenters. The van der Waals surface area contributed by atoms with Gasteiger partial charge in [-0.15, -0.1) is 0 Å². The zero-order chi connectivity index (χ0) is 40.3. The Labute approximate surface area is 348 Å². The van der Waals surface area contributed by atoms with Crippen molar-refractivity contribution in [3.05, 3.63) is 169 Å². The fourth-order valence-corrected chi connectivity index (χ4v) is 9.86. The maximum absolute atomic E-state index is 6.29. The highest BCUT2D eigenvalue weighted by Crippen LogP contribution is 2.48. The second-order valence-electron chi connectivity index (χ2n) is 17.9. The van der Waals surface area contributed by atoms with E-state index in [1.165, 1.54) is 51.2 Å². The monoisotopic (exact) mass is 774 g/mol. The number of rotatable bonds is 4. The number of fused-ring (bicyclic) bond motifs is 9. The third-order valence-corrected chi connectivity index (χ3v) is 13.3. The van der Waals surface area contributed by atoms with Crippen molar-refractivity contribution in [3.8, 4) is 39.9 Å². The van der Waals surface area contributed by atoms with E-state index in [0.29, 0.717) is 17.5 Å². The van der Waals surface area contributed by atoms with Gasteiger partial charge in [-0.3, -0.25) is 0 Å². The Hall–Kier alpha value is -7.11. The lowest BCUT2D eigenvalue weighted by Crippen LogP contribution is -2.33. The van der Waals surface area contributed by atoms with Crippen LogP contribution in [0, 0.1) is 0 Å². The van der Waals surface area contributed by atoms with Gasteiger partial charge in [0.2, 0.25) is 0 Å². The highest BCUT2D eigenvalue weighted by atomic mass is 16.3. The van der Waals surface area contributed by atoms with Crippen molar-refractivity contribution in [3.63, 3.8) is 0 Å². The van der Waals surface area contributed by atoms with Gasteiger partial charge in [0.15, 0.2) is 17.5 Å². The van der Waals surface area contributed by atoms with Crippen LogP contribution >= 0.6 is 0 Å². The third kappa shape index (κ3) is 5.35. The first kappa shape index (κ1) is 34.9. The first-order valence-electron chi connectivity index (χ1n) is 21.0. The van der Waals surface area contributed by atoms with E-state index in [0.717, 1.165) is 60.5 Å². The summed E-state index contributed by atoms with van der Waals surface area (Å²) in [6.45, 7) is 9.64. The van der Waals surface area contributed by atoms with Crippen LogP contribution in [0.3, 0.4) is 0 Å². The molecule has 0 saturated carbocycles. The summed E-state index contributed by atoms with van der Waals surface area (Å²) >= 11 is 0. The van der Waals surface area contributed by atoms with Crippen molar-refractivity contribution in [2.75, 3.05) is 0 Å². The molecule has 0 amide bonds. The average Bonchev–Trinajstić information content (AvgIpc) is 3.82. The minimum absolute atomic E-state index is 0.113. The summed E-state index contributed by atoms with van der Waals surface area (Å²) in [5.41, 5.74) is 11.3. The zero-order valence-corrected chi connectivity index (χ0v) is 34.1. The molecule has 3 aromatic heterocycles. The molecule has 60 heavy (non-hydrogen) atoms. The fraction of sp³-hybridized carbons (Fsp3) is 0.145. The largest absolute Gasteiger partial charge is 0.456 e. The predicted molar refractivity (Wildman–Crippen MR) is 248 cm³/mol. The SMILES string of the molecule is CC1(C)CCC(C)(C)c2cc3c(cc21)c1ccccc1n3-c1ccc2cc(-c3nc(-c4ccc5ccccc5c4)nc(-c4cccc5oc6ccccc6c45)n3)ccc2c1. The fourth-order valence-electron chi connectivity index (χ4n) is 9.86. The van der Waals surface area contributed by atoms with Crippen molar-refractivity contribution in [2.45, 2.75) is 51.4 Å². The smallest absolute Gasteiger partial charge is 0.164 e. The van der Waals surface area contributed by atoms with Gasteiger partial charge in [-0.1, -0.05) is 131 Å². The third-order valence-electron chi connectivity index (χ3n) is 13.3. The highest BCUT2D eigenvalue weighted by Gasteiger charge is 2.38. The lowest BCUT2D eigenvalue weighted by atomic mass is 9.63. The lowest BCUT2D eigenvalue weighted by molar-refractivity contribution is 0.332. The van der Waals surface area contributed by atoms with Gasteiger partial charge in [-0.2, -0.15) is 0 Å². The van der Waals surface area contributed by atoms with Gasteiger partial charge in [0, 0.05) is 43.9 Å². The predicted octanol–water partition coefficient (Wildman–Crippen LogP) is 14.5. The number of aromatic nitrogens is 4. The van der Waals surface area contributed by atoms with Gasteiger partial charge >= 0.3 is 0 Å². The van der Waals surface area contributed by atoms with E-state index in [2.05, 4.69) is 160 Å². The number of hydrogen-bond donors (Lipinski definition) is 0. The van der Waals surface area contributed by atoms with Gasteiger partial charge in [0.05, 0.1) is 11.0 Å². The first-order valence-corrected chi connectivity index (χ1v) is 21.0. The van der Waals surface area contributed by atoms with Crippen LogP contribution in [-0.2, 0) is 10.8 Å². The summed E-state index contributed by atoms with van der Waals surface area (Å²) in [5, 5.41) is 9.23. The molecule has 5 nitrogen and oxygen atoms in total. The number of nitrogens with zero attached hydrogens (tertiary/aromatic N) is 4. The van der Waals surface area contributed by atoms with Crippen molar-refractivity contribution in [1.82, 2.24) is 19.5 Å². The molecular weight excluding hydrogens is 733 g/mol. The normalized spacial score (nSPS) is 14.8. The number of furan rings is 1. The summed E-state index contributed by atoms with van der Waals surface area (Å²) in [6, 6.07) is 56.3. The molecule has 8 aromatic carbocycles. The van der Waals surface area contributed by atoms with Crippen LogP contribution in [0.5, 0.6) is 0 Å². The summed E-state index contributed by atoms with van der Waals surface area (Å²) in [7, 11) is 0. The molecule has 3 heterocycles. The topological polar surface area (TPSA) is 56.7 Å². The Bertz CT molecular complexity index is 3570. The van der Waals surface area contributed by atoms with Crippen molar-refractivity contribution in [2.24, 2.45) is 0 Å². The highest BCUT2D eigenvalue weighted by molar-refractivity contribution is 6.12. The van der Waals surface area contributed by atoms with Gasteiger partial charge in [0.25, 0.3) is 0 Å². The quantitative estimate of drug-likeness (QED) is 0.179. The molecule has 0 aliphatic heterocycles. The molecule has 0 unspecified atom stereocenters. The maximum atomic E-state index is 6.29. The van der Waals surface area contributed by atoms with Gasteiger partial charge in [-0.05, 0) is 111 Å². The van der Waals surface area contributed by atoms with Crippen LogP contribution in [0.4, 0.5) is 0 Å². The molecule has 0 radical (unpaired) electrons. The summed E-state index contributed by atoms with van der Waals surface area (Å²) < 4.78 is 8.76. The molecule has 5 heteroatoms. The van der Waals surface area contributed by atoms with E-state index in [1.807, 2.05) is 30.3 Å². The van der Waals surface area contributed by atoms with Gasteiger partial charge in [-0.25, -0.2) is 15.0 Å². The average molecular weight is 775 g/mol.